The molecule has 2 fully saturated rings. The summed E-state index contributed by atoms with van der Waals surface area (Å²) in [6.45, 7) is 3.56. The number of methoxy groups -OCH3 is 1. The molecule has 32 heavy (non-hydrogen) atoms. The van der Waals surface area contributed by atoms with Gasteiger partial charge in [-0.1, -0.05) is 0 Å². The van der Waals surface area contributed by atoms with Gasteiger partial charge in [0.1, 0.15) is 23.0 Å². The molecule has 1 N–H and O–H groups in total. The minimum absolute atomic E-state index is 0.457. The van der Waals surface area contributed by atoms with Crippen LogP contribution in [0.5, 0.6) is 11.5 Å². The van der Waals surface area contributed by atoms with Crippen LogP contribution in [-0.2, 0) is 4.74 Å². The van der Waals surface area contributed by atoms with Crippen LogP contribution in [0.4, 0.5) is 17.2 Å². The maximum atomic E-state index is 9.93. The molecule has 2 aromatic carbocycles. The van der Waals surface area contributed by atoms with Crippen molar-refractivity contribution in [3.8, 4) is 17.6 Å². The summed E-state index contributed by atoms with van der Waals surface area (Å²) in [5, 5.41) is 13.3. The Morgan fingerprint density at radius 2 is 2.03 bits per heavy atom. The van der Waals surface area contributed by atoms with E-state index in [0.29, 0.717) is 47.2 Å². The Labute approximate surface area is 186 Å². The average molecular weight is 431 g/mol. The lowest BCUT2D eigenvalue weighted by Gasteiger charge is -2.27. The molecular weight excluding hydrogens is 406 g/mol. The van der Waals surface area contributed by atoms with Crippen LogP contribution in [0.25, 0.3) is 11.0 Å². The number of hydrogen-bond donors (Lipinski definition) is 1. The lowest BCUT2D eigenvalue weighted by Crippen LogP contribution is -2.36. The highest BCUT2D eigenvalue weighted by Gasteiger charge is 2.22. The molecule has 0 unspecified atom stereocenters. The molecule has 1 aromatic heterocycles. The van der Waals surface area contributed by atoms with Gasteiger partial charge in [0.2, 0.25) is 0 Å². The third kappa shape index (κ3) is 4.25. The zero-order chi connectivity index (χ0) is 21.9. The van der Waals surface area contributed by atoms with Crippen LogP contribution in [0, 0.1) is 17.2 Å². The van der Waals surface area contributed by atoms with Gasteiger partial charge in [-0.05, 0) is 43.0 Å². The van der Waals surface area contributed by atoms with Crippen molar-refractivity contribution in [2.75, 3.05) is 50.2 Å². The Bertz CT molecular complexity index is 1170. The molecule has 1 saturated heterocycles. The van der Waals surface area contributed by atoms with Gasteiger partial charge in [-0.15, -0.1) is 0 Å². The minimum atomic E-state index is 0.457. The summed E-state index contributed by atoms with van der Waals surface area (Å²) in [4.78, 5) is 11.4. The van der Waals surface area contributed by atoms with Gasteiger partial charge < -0.3 is 24.4 Å². The van der Waals surface area contributed by atoms with E-state index in [9.17, 15) is 5.26 Å². The summed E-state index contributed by atoms with van der Waals surface area (Å²) in [6.07, 6.45) is 4.22. The number of aromatic nitrogens is 2. The van der Waals surface area contributed by atoms with Gasteiger partial charge in [-0.3, -0.25) is 4.98 Å². The molecule has 1 saturated carbocycles. The van der Waals surface area contributed by atoms with E-state index in [2.05, 4.69) is 21.3 Å². The summed E-state index contributed by atoms with van der Waals surface area (Å²) in [5.41, 5.74) is 3.19. The number of fused-ring (bicyclic) bond motifs is 1. The summed E-state index contributed by atoms with van der Waals surface area (Å²) < 4.78 is 16.8. The van der Waals surface area contributed by atoms with Gasteiger partial charge in [-0.25, -0.2) is 4.98 Å². The fourth-order valence-electron chi connectivity index (χ4n) is 3.74. The molecule has 1 aliphatic carbocycles. The third-order valence-corrected chi connectivity index (χ3v) is 5.76. The van der Waals surface area contributed by atoms with Gasteiger partial charge in [0, 0.05) is 24.8 Å². The molecule has 0 spiro atoms. The Morgan fingerprint density at radius 3 is 2.78 bits per heavy atom. The first-order valence-corrected chi connectivity index (χ1v) is 10.9. The van der Waals surface area contributed by atoms with Crippen molar-refractivity contribution in [2.45, 2.75) is 12.8 Å². The highest BCUT2D eigenvalue weighted by Crippen LogP contribution is 2.35. The number of ether oxygens (including phenoxy) is 3. The highest BCUT2D eigenvalue weighted by molar-refractivity contribution is 5.89. The van der Waals surface area contributed by atoms with E-state index in [0.717, 1.165) is 37.0 Å². The number of rotatable bonds is 7. The molecule has 0 amide bonds. The number of anilines is 3. The van der Waals surface area contributed by atoms with Crippen molar-refractivity contribution < 1.29 is 14.2 Å². The molecule has 164 valence electrons. The van der Waals surface area contributed by atoms with Crippen molar-refractivity contribution in [1.82, 2.24) is 9.97 Å². The van der Waals surface area contributed by atoms with E-state index in [4.69, 9.17) is 19.2 Å². The summed E-state index contributed by atoms with van der Waals surface area (Å²) in [7, 11) is 1.63. The molecule has 0 radical (unpaired) electrons. The van der Waals surface area contributed by atoms with Crippen molar-refractivity contribution in [1.29, 1.82) is 5.26 Å². The molecule has 0 atom stereocenters. The minimum Gasteiger partial charge on any atom is -0.493 e. The van der Waals surface area contributed by atoms with E-state index in [1.807, 2.05) is 30.3 Å². The third-order valence-electron chi connectivity index (χ3n) is 5.76. The monoisotopic (exact) mass is 431 g/mol. The van der Waals surface area contributed by atoms with Crippen LogP contribution in [0.15, 0.2) is 36.5 Å². The molecule has 2 heterocycles. The normalized spacial score (nSPS) is 15.9. The van der Waals surface area contributed by atoms with E-state index in [1.165, 1.54) is 12.8 Å². The molecular formula is C24H25N5O3. The second-order valence-electron chi connectivity index (χ2n) is 8.04. The zero-order valence-electron chi connectivity index (χ0n) is 18.0. The SMILES string of the molecule is COc1cc(Nc2ccc3ncc(N4CCOCC4)nc3c2C#N)ccc1OCC1CC1. The van der Waals surface area contributed by atoms with E-state index < -0.39 is 0 Å². The highest BCUT2D eigenvalue weighted by atomic mass is 16.5. The second-order valence-corrected chi connectivity index (χ2v) is 8.04. The van der Waals surface area contributed by atoms with E-state index in [1.54, 1.807) is 13.3 Å². The van der Waals surface area contributed by atoms with Crippen LogP contribution >= 0.6 is 0 Å². The predicted molar refractivity (Wildman–Crippen MR) is 122 cm³/mol. The first kappa shape index (κ1) is 20.3. The zero-order valence-corrected chi connectivity index (χ0v) is 18.0. The summed E-state index contributed by atoms with van der Waals surface area (Å²) in [6, 6.07) is 11.7. The van der Waals surface area contributed by atoms with Gasteiger partial charge in [0.05, 0.1) is 44.3 Å². The fourth-order valence-corrected chi connectivity index (χ4v) is 3.74. The molecule has 0 bridgehead atoms. The lowest BCUT2D eigenvalue weighted by molar-refractivity contribution is 0.122. The first-order valence-electron chi connectivity index (χ1n) is 10.9. The quantitative estimate of drug-likeness (QED) is 0.603. The van der Waals surface area contributed by atoms with Crippen molar-refractivity contribution >= 4 is 28.2 Å². The van der Waals surface area contributed by atoms with Crippen LogP contribution in [0.1, 0.15) is 18.4 Å². The Balaban J connectivity index is 1.43. The molecule has 3 aromatic rings. The van der Waals surface area contributed by atoms with Crippen LogP contribution < -0.4 is 19.7 Å². The Hall–Kier alpha value is -3.57. The number of morpholine rings is 1. The van der Waals surface area contributed by atoms with Crippen LogP contribution in [-0.4, -0.2) is 50.0 Å². The van der Waals surface area contributed by atoms with Gasteiger partial charge in [0.25, 0.3) is 0 Å². The van der Waals surface area contributed by atoms with Gasteiger partial charge >= 0.3 is 0 Å². The van der Waals surface area contributed by atoms with E-state index in [-0.39, 0.29) is 0 Å². The second kappa shape index (κ2) is 8.89. The van der Waals surface area contributed by atoms with Crippen LogP contribution in [0.3, 0.4) is 0 Å². The smallest absolute Gasteiger partial charge is 0.162 e. The van der Waals surface area contributed by atoms with Crippen LogP contribution in [0.2, 0.25) is 0 Å². The standard InChI is InChI=1S/C24H25N5O3/c1-30-22-12-17(4-7-21(22)32-15-16-2-3-16)27-19-5-6-20-24(18(19)13-25)28-23(14-26-20)29-8-10-31-11-9-29/h4-7,12,14,16,27H,2-3,8-11,15H2,1H3. The molecule has 1 aliphatic heterocycles. The molecule has 5 rings (SSSR count). The maximum Gasteiger partial charge on any atom is 0.162 e. The summed E-state index contributed by atoms with van der Waals surface area (Å²) >= 11 is 0. The van der Waals surface area contributed by atoms with Crippen molar-refractivity contribution in [2.24, 2.45) is 5.92 Å². The molecule has 8 nitrogen and oxygen atoms in total. The predicted octanol–water partition coefficient (Wildman–Crippen LogP) is 3.88. The van der Waals surface area contributed by atoms with Crippen molar-refractivity contribution in [3.63, 3.8) is 0 Å². The number of benzene rings is 2. The number of hydrogen-bond acceptors (Lipinski definition) is 8. The lowest BCUT2D eigenvalue weighted by atomic mass is 10.1. The summed E-state index contributed by atoms with van der Waals surface area (Å²) in [5.74, 6) is 2.80. The maximum absolute atomic E-state index is 9.93. The number of nitrogens with zero attached hydrogens (tertiary/aromatic N) is 4. The number of nitrogens with one attached hydrogen (secondary N) is 1. The Morgan fingerprint density at radius 1 is 1.19 bits per heavy atom. The van der Waals surface area contributed by atoms with Gasteiger partial charge in [-0.2, -0.15) is 5.26 Å². The molecule has 2 aliphatic rings. The average Bonchev–Trinajstić information content (AvgIpc) is 3.68. The van der Waals surface area contributed by atoms with E-state index >= 15 is 0 Å². The largest absolute Gasteiger partial charge is 0.493 e. The number of nitriles is 1. The van der Waals surface area contributed by atoms with Crippen molar-refractivity contribution in [3.05, 3.63) is 42.1 Å². The topological polar surface area (TPSA) is 92.5 Å². The fraction of sp³-hybridized carbons (Fsp3) is 0.375. The molecule has 8 heteroatoms. The Kier molecular flexibility index (Phi) is 5.65. The van der Waals surface area contributed by atoms with Gasteiger partial charge in [0.15, 0.2) is 11.5 Å². The first-order chi connectivity index (χ1) is 15.7.